The van der Waals surface area contributed by atoms with Crippen molar-refractivity contribution in [1.29, 1.82) is 0 Å². The first kappa shape index (κ1) is 30.7. The lowest BCUT2D eigenvalue weighted by atomic mass is 10.00. The lowest BCUT2D eigenvalue weighted by Crippen LogP contribution is -2.00. The zero-order valence-corrected chi connectivity index (χ0v) is 29.5. The molecule has 0 aliphatic carbocycles. The monoisotopic (exact) mass is 699 g/mol. The minimum atomic E-state index is 0.586. The molecule has 0 N–H and O–H groups in total. The lowest BCUT2D eigenvalue weighted by Gasteiger charge is -2.17. The zero-order valence-electron chi connectivity index (χ0n) is 29.5. The summed E-state index contributed by atoms with van der Waals surface area (Å²) in [6, 6.07) is 61.3. The van der Waals surface area contributed by atoms with Gasteiger partial charge in [0.1, 0.15) is 0 Å². The van der Waals surface area contributed by atoms with Gasteiger partial charge in [0.05, 0.1) is 46.2 Å². The standard InChI is InChI=1S/C50H29N5/c1-51-33-25-28-47-41(30-33)39-18-6-9-22-45(39)53(47)34-14-11-13-32(29-34)50-42(52-2)19-12-24-48(50)55-46-23-10-5-17-38(46)40-27-26-35(31-49(40)55)54-43-20-7-3-15-36(43)37-16-4-8-21-44(37)54/h3-31H. The van der Waals surface area contributed by atoms with Crippen LogP contribution in [0.15, 0.2) is 176 Å². The number of aromatic nitrogens is 3. The van der Waals surface area contributed by atoms with Crippen LogP contribution in [-0.2, 0) is 0 Å². The first-order valence-electron chi connectivity index (χ1n) is 18.3. The SMILES string of the molecule is [C-]#[N+]c1ccc2c(c1)c1ccccc1n2-c1cccc(-c2c([N+]#[C-])cccc2-n2c3ccccc3c3ccc(-n4c5ccccc5c5ccccc54)cc32)c1. The Kier molecular flexibility index (Phi) is 6.61. The van der Waals surface area contributed by atoms with Crippen molar-refractivity contribution < 1.29 is 0 Å². The molecule has 0 aliphatic rings. The lowest BCUT2D eigenvalue weighted by molar-refractivity contribution is 1.15. The predicted molar refractivity (Wildman–Crippen MR) is 227 cm³/mol. The highest BCUT2D eigenvalue weighted by atomic mass is 15.0. The maximum atomic E-state index is 8.39. The quantitative estimate of drug-likeness (QED) is 0.163. The van der Waals surface area contributed by atoms with E-state index in [1.54, 1.807) is 0 Å². The van der Waals surface area contributed by atoms with E-state index in [0.717, 1.165) is 82.8 Å². The molecule has 0 radical (unpaired) electrons. The third-order valence-electron chi connectivity index (χ3n) is 11.1. The van der Waals surface area contributed by atoms with Gasteiger partial charge in [-0.25, -0.2) is 9.69 Å². The van der Waals surface area contributed by atoms with E-state index in [4.69, 9.17) is 13.1 Å². The van der Waals surface area contributed by atoms with Gasteiger partial charge in [-0.1, -0.05) is 109 Å². The molecule has 0 saturated carbocycles. The van der Waals surface area contributed by atoms with Crippen LogP contribution in [0.5, 0.6) is 0 Å². The fourth-order valence-electron chi connectivity index (χ4n) is 8.77. The van der Waals surface area contributed by atoms with Gasteiger partial charge in [0.2, 0.25) is 0 Å². The van der Waals surface area contributed by atoms with Crippen LogP contribution >= 0.6 is 0 Å². The minimum Gasteiger partial charge on any atom is -0.310 e. The third-order valence-corrected chi connectivity index (χ3v) is 11.1. The van der Waals surface area contributed by atoms with Crippen molar-refractivity contribution in [2.45, 2.75) is 0 Å². The molecule has 254 valence electrons. The Morgan fingerprint density at radius 2 is 0.873 bits per heavy atom. The summed E-state index contributed by atoms with van der Waals surface area (Å²) in [5.74, 6) is 0. The van der Waals surface area contributed by atoms with Crippen molar-refractivity contribution in [3.8, 4) is 28.2 Å². The van der Waals surface area contributed by atoms with Crippen molar-refractivity contribution in [3.05, 3.63) is 199 Å². The van der Waals surface area contributed by atoms with Crippen molar-refractivity contribution in [3.63, 3.8) is 0 Å². The zero-order chi connectivity index (χ0) is 36.6. The first-order chi connectivity index (χ1) is 27.2. The average molecular weight is 700 g/mol. The van der Waals surface area contributed by atoms with Crippen LogP contribution in [0.4, 0.5) is 11.4 Å². The fourth-order valence-corrected chi connectivity index (χ4v) is 8.77. The number of hydrogen-bond acceptors (Lipinski definition) is 0. The molecule has 8 aromatic carbocycles. The molecule has 3 aromatic heterocycles. The van der Waals surface area contributed by atoms with E-state index >= 15 is 0 Å². The van der Waals surface area contributed by atoms with Gasteiger partial charge in [-0.15, -0.1) is 0 Å². The van der Waals surface area contributed by atoms with Crippen LogP contribution in [0.3, 0.4) is 0 Å². The minimum absolute atomic E-state index is 0.586. The van der Waals surface area contributed by atoms with Gasteiger partial charge in [0.25, 0.3) is 0 Å². The number of rotatable bonds is 4. The molecule has 0 fully saturated rings. The van der Waals surface area contributed by atoms with Crippen LogP contribution in [-0.4, -0.2) is 13.7 Å². The van der Waals surface area contributed by atoms with Crippen LogP contribution < -0.4 is 0 Å². The van der Waals surface area contributed by atoms with Gasteiger partial charge in [-0.05, 0) is 77.7 Å². The molecule has 0 aliphatic heterocycles. The highest BCUT2D eigenvalue weighted by molar-refractivity contribution is 6.13. The molecule has 5 heteroatoms. The number of nitrogens with zero attached hydrogens (tertiary/aromatic N) is 5. The summed E-state index contributed by atoms with van der Waals surface area (Å²) in [6.07, 6.45) is 0. The van der Waals surface area contributed by atoms with E-state index < -0.39 is 0 Å². The van der Waals surface area contributed by atoms with E-state index in [1.807, 2.05) is 36.4 Å². The summed E-state index contributed by atoms with van der Waals surface area (Å²) in [4.78, 5) is 7.83. The molecular formula is C50H29N5. The maximum Gasteiger partial charge on any atom is 0.196 e. The Hall–Kier alpha value is -7.86. The van der Waals surface area contributed by atoms with Gasteiger partial charge in [-0.3, -0.25) is 0 Å². The molecule has 5 nitrogen and oxygen atoms in total. The van der Waals surface area contributed by atoms with E-state index in [9.17, 15) is 0 Å². The Labute approximate surface area is 316 Å². The number of hydrogen-bond donors (Lipinski definition) is 0. The van der Waals surface area contributed by atoms with Gasteiger partial charge in [0, 0.05) is 49.6 Å². The molecule has 3 heterocycles. The van der Waals surface area contributed by atoms with Crippen LogP contribution in [0, 0.1) is 13.1 Å². The van der Waals surface area contributed by atoms with Gasteiger partial charge >= 0.3 is 0 Å². The first-order valence-corrected chi connectivity index (χ1v) is 18.3. The smallest absolute Gasteiger partial charge is 0.196 e. The second-order valence-electron chi connectivity index (χ2n) is 13.9. The highest BCUT2D eigenvalue weighted by Gasteiger charge is 2.21. The van der Waals surface area contributed by atoms with E-state index in [1.165, 1.54) is 10.8 Å². The van der Waals surface area contributed by atoms with Gasteiger partial charge < -0.3 is 13.7 Å². The second kappa shape index (κ2) is 11.8. The number of para-hydroxylation sites is 4. The Bertz CT molecular complexity index is 3420. The largest absolute Gasteiger partial charge is 0.310 e. The van der Waals surface area contributed by atoms with Gasteiger partial charge in [-0.2, -0.15) is 0 Å². The van der Waals surface area contributed by atoms with E-state index in [-0.39, 0.29) is 0 Å². The normalized spacial score (nSPS) is 11.6. The summed E-state index contributed by atoms with van der Waals surface area (Å²) >= 11 is 0. The molecule has 11 aromatic rings. The summed E-state index contributed by atoms with van der Waals surface area (Å²) in [5.41, 5.74) is 12.6. The molecule has 0 unspecified atom stereocenters. The Morgan fingerprint density at radius 3 is 1.49 bits per heavy atom. The Balaban J connectivity index is 1.18. The fraction of sp³-hybridized carbons (Fsp3) is 0. The molecule has 55 heavy (non-hydrogen) atoms. The van der Waals surface area contributed by atoms with Crippen molar-refractivity contribution in [1.82, 2.24) is 13.7 Å². The van der Waals surface area contributed by atoms with Crippen molar-refractivity contribution in [2.75, 3.05) is 0 Å². The molecule has 0 bridgehead atoms. The molecule has 0 atom stereocenters. The molecule has 11 rings (SSSR count). The van der Waals surface area contributed by atoms with Crippen LogP contribution in [0.1, 0.15) is 0 Å². The number of benzene rings is 8. The van der Waals surface area contributed by atoms with Crippen molar-refractivity contribution in [2.24, 2.45) is 0 Å². The van der Waals surface area contributed by atoms with Crippen LogP contribution in [0.25, 0.3) is 103 Å². The predicted octanol–water partition coefficient (Wildman–Crippen LogP) is 13.7. The summed E-state index contributed by atoms with van der Waals surface area (Å²) in [7, 11) is 0. The summed E-state index contributed by atoms with van der Waals surface area (Å²) in [5, 5.41) is 6.89. The number of fused-ring (bicyclic) bond motifs is 9. The molecule has 0 spiro atoms. The molecular weight excluding hydrogens is 671 g/mol. The topological polar surface area (TPSA) is 23.5 Å². The summed E-state index contributed by atoms with van der Waals surface area (Å²) < 4.78 is 6.96. The maximum absolute atomic E-state index is 8.39. The third kappa shape index (κ3) is 4.45. The average Bonchev–Trinajstić information content (AvgIpc) is 3.88. The highest BCUT2D eigenvalue weighted by Crippen LogP contribution is 2.43. The Morgan fingerprint density at radius 1 is 0.345 bits per heavy atom. The molecule has 0 saturated heterocycles. The van der Waals surface area contributed by atoms with Crippen molar-refractivity contribution >= 4 is 76.8 Å². The molecule has 0 amide bonds. The van der Waals surface area contributed by atoms with Crippen LogP contribution in [0.2, 0.25) is 0 Å². The van der Waals surface area contributed by atoms with E-state index in [0.29, 0.717) is 11.4 Å². The van der Waals surface area contributed by atoms with Gasteiger partial charge in [0.15, 0.2) is 11.4 Å². The second-order valence-corrected chi connectivity index (χ2v) is 13.9. The summed E-state index contributed by atoms with van der Waals surface area (Å²) in [6.45, 7) is 16.0. The van der Waals surface area contributed by atoms with E-state index in [2.05, 4.69) is 163 Å².